The Balaban J connectivity index is 0. The summed E-state index contributed by atoms with van der Waals surface area (Å²) in [5, 5.41) is 0. The van der Waals surface area contributed by atoms with Gasteiger partial charge in [0.15, 0.2) is 0 Å². The number of rotatable bonds is 0. The molecule has 10 heteroatoms. The minimum atomic E-state index is 0. The van der Waals surface area contributed by atoms with Gasteiger partial charge in [0.25, 0.3) is 0 Å². The smallest absolute Gasteiger partial charge is 0 e. The first kappa shape index (κ1) is 108. The van der Waals surface area contributed by atoms with E-state index in [0.29, 0.717) is 0 Å². The fourth-order valence-corrected chi connectivity index (χ4v) is 0. The van der Waals surface area contributed by atoms with Crippen molar-refractivity contribution in [2.24, 2.45) is 0 Å². The molecule has 0 aromatic heterocycles. The molecular weight excluding hydrogens is 1850 g/mol. The summed E-state index contributed by atoms with van der Waals surface area (Å²) < 4.78 is 0. The molecule has 0 spiro atoms. The van der Waals surface area contributed by atoms with Crippen molar-refractivity contribution in [2.75, 3.05) is 0 Å². The van der Waals surface area contributed by atoms with E-state index in [9.17, 15) is 0 Å². The van der Waals surface area contributed by atoms with Gasteiger partial charge in [-0.25, -0.2) is 0 Å². The normalized spacial score (nSPS) is 0. The Morgan fingerprint density at radius 2 is 0.182 bits per heavy atom. The van der Waals surface area contributed by atoms with Crippen LogP contribution in [0.1, 0.15) is 0 Å². The van der Waals surface area contributed by atoms with Crippen LogP contribution in [0.2, 0.25) is 0 Å². The molecule has 0 radical (unpaired) electrons. The van der Waals surface area contributed by atoms with Gasteiger partial charge in [0.05, 0.1) is 0 Å². The van der Waals surface area contributed by atoms with E-state index in [4.69, 9.17) is 0 Å². The summed E-state index contributed by atoms with van der Waals surface area (Å²) >= 11 is 0. The molecule has 0 saturated heterocycles. The summed E-state index contributed by atoms with van der Waals surface area (Å²) in [6.07, 6.45) is 0. The van der Waals surface area contributed by atoms with E-state index in [-0.39, 0.29) is 218 Å². The van der Waals surface area contributed by atoms with E-state index in [1.807, 2.05) is 0 Å². The van der Waals surface area contributed by atoms with Crippen LogP contribution in [-0.2, 0) is 211 Å². The van der Waals surface area contributed by atoms with Crippen molar-refractivity contribution in [3.63, 3.8) is 0 Å². The molecule has 0 aromatic carbocycles. The summed E-state index contributed by atoms with van der Waals surface area (Å²) in [5.41, 5.74) is 0. The van der Waals surface area contributed by atoms with E-state index in [1.54, 1.807) is 0 Å². The third-order valence-electron chi connectivity index (χ3n) is 0. The van der Waals surface area contributed by atoms with Crippen LogP contribution in [0, 0.1) is 7.43 Å². The van der Waals surface area contributed by atoms with Crippen molar-refractivity contribution in [2.45, 2.75) is 0 Å². The van der Waals surface area contributed by atoms with Gasteiger partial charge in [-0.2, -0.15) is 0 Å². The topological polar surface area (TPSA) is 0 Å². The van der Waals surface area contributed by atoms with Crippen LogP contribution in [0.3, 0.4) is 0 Å². The second-order valence-electron chi connectivity index (χ2n) is 0. The van der Waals surface area contributed by atoms with Gasteiger partial charge >= 0.3 is 0 Å². The van der Waals surface area contributed by atoms with Gasteiger partial charge in [0, 0.05) is 211 Å². The van der Waals surface area contributed by atoms with Crippen LogP contribution >= 0.6 is 0 Å². The molecule has 0 unspecified atom stereocenters. The second kappa shape index (κ2) is 89.9. The van der Waals surface area contributed by atoms with Crippen LogP contribution in [0.5, 0.6) is 0 Å². The summed E-state index contributed by atoms with van der Waals surface area (Å²) in [5.74, 6) is 0. The van der Waals surface area contributed by atoms with Gasteiger partial charge < -0.3 is 7.43 Å². The first-order valence-electron chi connectivity index (χ1n) is 0. The monoisotopic (exact) mass is 1850 g/mol. The van der Waals surface area contributed by atoms with Crippen molar-refractivity contribution in [3.8, 4) is 0 Å². The third-order valence-corrected chi connectivity index (χ3v) is 0. The fraction of sp³-hybridized carbons (Fsp3) is 0. The average Bonchev–Trinajstić information content (AvgIpc) is 0. The molecule has 0 aliphatic carbocycles. The standard InChI is InChI=1S/CH3.10W/h1H3;;;;;;;;;;/q-1;;;;;;;;;;. The van der Waals surface area contributed by atoms with Crippen molar-refractivity contribution >= 4 is 0 Å². The van der Waals surface area contributed by atoms with Crippen molar-refractivity contribution in [3.05, 3.63) is 7.43 Å². The zero-order chi connectivity index (χ0) is 0. The number of hydrogen-bond acceptors (Lipinski definition) is 0. The summed E-state index contributed by atoms with van der Waals surface area (Å²) in [6, 6.07) is 0. The van der Waals surface area contributed by atoms with Crippen LogP contribution in [0.4, 0.5) is 0 Å². The zero-order valence-electron chi connectivity index (χ0n) is 5.08. The summed E-state index contributed by atoms with van der Waals surface area (Å²) in [7, 11) is 0. The molecule has 68 valence electrons. The van der Waals surface area contributed by atoms with Gasteiger partial charge in [0.2, 0.25) is 0 Å². The SMILES string of the molecule is [CH3-].[W].[W].[W].[W].[W].[W].[W].[W].[W].[W]. The van der Waals surface area contributed by atoms with E-state index in [2.05, 4.69) is 0 Å². The third kappa shape index (κ3) is 78.9. The molecule has 0 aromatic rings. The maximum Gasteiger partial charge on any atom is 0 e. The Labute approximate surface area is 213 Å². The van der Waals surface area contributed by atoms with Gasteiger partial charge in [-0.3, -0.25) is 0 Å². The van der Waals surface area contributed by atoms with E-state index >= 15 is 0 Å². The molecule has 11 heavy (non-hydrogen) atoms. The van der Waals surface area contributed by atoms with Crippen LogP contribution in [0.15, 0.2) is 0 Å². The largest absolute Gasteiger partial charge is 0.358 e. The molecule has 0 saturated carbocycles. The van der Waals surface area contributed by atoms with Crippen molar-refractivity contribution in [1.29, 1.82) is 0 Å². The summed E-state index contributed by atoms with van der Waals surface area (Å²) in [6.45, 7) is 0. The van der Waals surface area contributed by atoms with Gasteiger partial charge in [-0.1, -0.05) is 0 Å². The molecule has 0 atom stereocenters. The van der Waals surface area contributed by atoms with Gasteiger partial charge in [0.1, 0.15) is 0 Å². The van der Waals surface area contributed by atoms with E-state index < -0.39 is 0 Å². The molecule has 0 aliphatic rings. The molecule has 0 bridgehead atoms. The first-order valence-corrected chi connectivity index (χ1v) is 0. The van der Waals surface area contributed by atoms with Gasteiger partial charge in [-0.05, 0) is 0 Å². The zero-order valence-corrected chi connectivity index (χ0v) is 34.4. The Morgan fingerprint density at radius 1 is 0.182 bits per heavy atom. The van der Waals surface area contributed by atoms with Crippen molar-refractivity contribution < 1.29 is 211 Å². The molecular formula is CH3W10-. The van der Waals surface area contributed by atoms with Crippen LogP contribution in [-0.4, -0.2) is 0 Å². The fourth-order valence-electron chi connectivity index (χ4n) is 0. The first-order chi connectivity index (χ1) is 0. The quantitative estimate of drug-likeness (QED) is 0.310. The van der Waals surface area contributed by atoms with Crippen LogP contribution in [0.25, 0.3) is 0 Å². The predicted octanol–water partition coefficient (Wildman–Crippen LogP) is 0.425. The molecule has 0 rings (SSSR count). The Morgan fingerprint density at radius 3 is 0.182 bits per heavy atom. The molecule has 0 aliphatic heterocycles. The van der Waals surface area contributed by atoms with Gasteiger partial charge in [-0.15, -0.1) is 0 Å². The average molecular weight is 1850 g/mol. The Kier molecular flexibility index (Phi) is 879. The molecule has 0 fully saturated rings. The maximum atomic E-state index is 0. The number of hydrogen-bond donors (Lipinski definition) is 0. The van der Waals surface area contributed by atoms with Crippen LogP contribution < -0.4 is 0 Å². The predicted molar refractivity (Wildman–Crippen MR) is 6.41 cm³/mol. The van der Waals surface area contributed by atoms with Crippen molar-refractivity contribution in [1.82, 2.24) is 0 Å². The molecule has 0 amide bonds. The maximum absolute atomic E-state index is 0. The molecule has 0 nitrogen and oxygen atoms in total. The minimum Gasteiger partial charge on any atom is -0.358 e. The van der Waals surface area contributed by atoms with E-state index in [0.717, 1.165) is 0 Å². The second-order valence-corrected chi connectivity index (χ2v) is 0. The minimum absolute atomic E-state index is 0. The molecule has 0 heterocycles. The Bertz CT molecular complexity index is 4.83. The van der Waals surface area contributed by atoms with E-state index in [1.165, 1.54) is 0 Å². The Hall–Kier alpha value is 6.88. The molecule has 0 N–H and O–H groups in total. The summed E-state index contributed by atoms with van der Waals surface area (Å²) in [4.78, 5) is 0.